The quantitative estimate of drug-likeness (QED) is 0.236. The Hall–Kier alpha value is -0.720. The van der Waals surface area contributed by atoms with Crippen molar-refractivity contribution in [3.63, 3.8) is 0 Å². The summed E-state index contributed by atoms with van der Waals surface area (Å²) in [6, 6.07) is -0.494. The summed E-state index contributed by atoms with van der Waals surface area (Å²) in [7, 11) is 0. The Morgan fingerprint density at radius 1 is 1.06 bits per heavy atom. The minimum absolute atomic E-state index is 0. The van der Waals surface area contributed by atoms with Gasteiger partial charge in [-0.25, -0.2) is 0 Å². The molecule has 0 aromatic carbocycles. The van der Waals surface area contributed by atoms with Crippen LogP contribution in [0.5, 0.6) is 0 Å². The molecule has 0 aromatic rings. The van der Waals surface area contributed by atoms with E-state index in [4.69, 9.17) is 0 Å². The SMILES string of the molecule is CCOC(=O)[C-](NC(C)=O)C(=O)OCC.[Na+]. The number of carbonyl (C=O) groups excluding carboxylic acids is 3. The minimum Gasteiger partial charge on any atom is -0.486 e. The van der Waals surface area contributed by atoms with Crippen molar-refractivity contribution in [3.05, 3.63) is 6.04 Å². The summed E-state index contributed by atoms with van der Waals surface area (Å²) in [4.78, 5) is 33.2. The number of hydrogen-bond acceptors (Lipinski definition) is 5. The molecule has 0 saturated heterocycles. The van der Waals surface area contributed by atoms with E-state index >= 15 is 0 Å². The number of ether oxygens (including phenoxy) is 2. The van der Waals surface area contributed by atoms with Crippen molar-refractivity contribution >= 4 is 17.8 Å². The minimum atomic E-state index is -0.897. The van der Waals surface area contributed by atoms with Gasteiger partial charge >= 0.3 is 29.6 Å². The zero-order valence-corrected chi connectivity index (χ0v) is 12.0. The van der Waals surface area contributed by atoms with E-state index in [1.807, 2.05) is 0 Å². The van der Waals surface area contributed by atoms with Crippen molar-refractivity contribution < 1.29 is 53.4 Å². The second kappa shape index (κ2) is 9.50. The number of amides is 1. The van der Waals surface area contributed by atoms with E-state index in [0.717, 1.165) is 0 Å². The molecule has 0 bridgehead atoms. The van der Waals surface area contributed by atoms with Crippen molar-refractivity contribution in [2.24, 2.45) is 0 Å². The van der Waals surface area contributed by atoms with E-state index in [1.165, 1.54) is 6.92 Å². The van der Waals surface area contributed by atoms with E-state index < -0.39 is 23.9 Å². The summed E-state index contributed by atoms with van der Waals surface area (Å²) in [6.45, 7) is 4.59. The van der Waals surface area contributed by atoms with Crippen molar-refractivity contribution in [1.29, 1.82) is 0 Å². The fourth-order valence-corrected chi connectivity index (χ4v) is 0.768. The van der Waals surface area contributed by atoms with Crippen LogP contribution in [0.1, 0.15) is 20.8 Å². The third-order valence-electron chi connectivity index (χ3n) is 1.26. The van der Waals surface area contributed by atoms with Gasteiger partial charge in [0.05, 0.1) is 13.2 Å². The largest absolute Gasteiger partial charge is 1.00 e. The van der Waals surface area contributed by atoms with Gasteiger partial charge in [-0.15, -0.1) is 0 Å². The van der Waals surface area contributed by atoms with Gasteiger partial charge < -0.3 is 14.8 Å². The van der Waals surface area contributed by atoms with Crippen molar-refractivity contribution in [2.45, 2.75) is 20.8 Å². The molecule has 16 heavy (non-hydrogen) atoms. The maximum Gasteiger partial charge on any atom is 1.00 e. The second-order valence-electron chi connectivity index (χ2n) is 2.50. The first-order valence-electron chi connectivity index (χ1n) is 4.51. The first kappa shape index (κ1) is 17.7. The average Bonchev–Trinajstić information content (AvgIpc) is 2.14. The molecule has 0 unspecified atom stereocenters. The van der Waals surface area contributed by atoms with Gasteiger partial charge in [-0.2, -0.15) is 0 Å². The van der Waals surface area contributed by atoms with Crippen LogP contribution in [0.4, 0.5) is 0 Å². The van der Waals surface area contributed by atoms with Crippen molar-refractivity contribution in [2.75, 3.05) is 13.2 Å². The molecule has 0 saturated carbocycles. The van der Waals surface area contributed by atoms with E-state index in [1.54, 1.807) is 13.8 Å². The summed E-state index contributed by atoms with van der Waals surface area (Å²) in [5.74, 6) is -2.33. The van der Waals surface area contributed by atoms with Crippen molar-refractivity contribution in [3.8, 4) is 0 Å². The number of esters is 2. The Labute approximate surface area is 116 Å². The topological polar surface area (TPSA) is 81.7 Å². The molecule has 0 rings (SSSR count). The predicted octanol–water partition coefficient (Wildman–Crippen LogP) is -3.22. The molecule has 0 aliphatic carbocycles. The Morgan fingerprint density at radius 2 is 1.44 bits per heavy atom. The van der Waals surface area contributed by atoms with Crippen LogP contribution < -0.4 is 34.9 Å². The second-order valence-corrected chi connectivity index (χ2v) is 2.50. The van der Waals surface area contributed by atoms with Crippen LogP contribution in [0.15, 0.2) is 0 Å². The fraction of sp³-hybridized carbons (Fsp3) is 0.556. The third-order valence-corrected chi connectivity index (χ3v) is 1.26. The summed E-state index contributed by atoms with van der Waals surface area (Å²) in [5.41, 5.74) is 0. The molecule has 1 amide bonds. The van der Waals surface area contributed by atoms with E-state index in [-0.39, 0.29) is 42.8 Å². The molecule has 0 spiro atoms. The first-order valence-corrected chi connectivity index (χ1v) is 4.51. The van der Waals surface area contributed by atoms with E-state index in [2.05, 4.69) is 14.8 Å². The Kier molecular flexibility index (Phi) is 10.5. The zero-order chi connectivity index (χ0) is 11.8. The third kappa shape index (κ3) is 6.71. The first-order chi connectivity index (χ1) is 7.02. The average molecular weight is 239 g/mol. The molecule has 7 heteroatoms. The molecule has 1 N–H and O–H groups in total. The summed E-state index contributed by atoms with van der Waals surface area (Å²) in [6.07, 6.45) is 0. The molecule has 0 aliphatic rings. The Bertz CT molecular complexity index is 238. The molecule has 0 aliphatic heterocycles. The number of carbonyl (C=O) groups is 3. The monoisotopic (exact) mass is 239 g/mol. The smallest absolute Gasteiger partial charge is 0.486 e. The maximum absolute atomic E-state index is 11.2. The molecule has 0 radical (unpaired) electrons. The normalized spacial score (nSPS) is 8.44. The van der Waals surface area contributed by atoms with Gasteiger partial charge in [-0.3, -0.25) is 14.4 Å². The molecular weight excluding hydrogens is 225 g/mol. The number of nitrogens with one attached hydrogen (secondary N) is 1. The Balaban J connectivity index is 0. The summed E-state index contributed by atoms with van der Waals surface area (Å²) in [5, 5.41) is 2.08. The molecule has 0 aromatic heterocycles. The Morgan fingerprint density at radius 3 is 1.69 bits per heavy atom. The van der Waals surface area contributed by atoms with Crippen LogP contribution in [0.3, 0.4) is 0 Å². The molecule has 86 valence electrons. The van der Waals surface area contributed by atoms with Crippen LogP contribution >= 0.6 is 0 Å². The van der Waals surface area contributed by atoms with Crippen LogP contribution in [0.25, 0.3) is 0 Å². The molecule has 0 fully saturated rings. The van der Waals surface area contributed by atoms with Gasteiger partial charge in [0.15, 0.2) is 17.8 Å². The molecule has 0 atom stereocenters. The predicted molar refractivity (Wildman–Crippen MR) is 50.3 cm³/mol. The number of rotatable bonds is 5. The van der Waals surface area contributed by atoms with Gasteiger partial charge in [-0.05, 0) is 13.8 Å². The van der Waals surface area contributed by atoms with Gasteiger partial charge in [-0.1, -0.05) is 6.04 Å². The van der Waals surface area contributed by atoms with Gasteiger partial charge in [0, 0.05) is 6.92 Å². The van der Waals surface area contributed by atoms with Gasteiger partial charge in [0.2, 0.25) is 0 Å². The summed E-state index contributed by atoms with van der Waals surface area (Å²) >= 11 is 0. The van der Waals surface area contributed by atoms with Crippen LogP contribution in [0.2, 0.25) is 0 Å². The van der Waals surface area contributed by atoms with Crippen LogP contribution in [-0.4, -0.2) is 31.1 Å². The van der Waals surface area contributed by atoms with Crippen LogP contribution in [0, 0.1) is 6.04 Å². The molecule has 6 nitrogen and oxygen atoms in total. The maximum atomic E-state index is 11.2. The van der Waals surface area contributed by atoms with Crippen LogP contribution in [-0.2, 0) is 23.9 Å². The summed E-state index contributed by atoms with van der Waals surface area (Å²) < 4.78 is 9.16. The van der Waals surface area contributed by atoms with E-state index in [9.17, 15) is 14.4 Å². The number of hydrogen-bond donors (Lipinski definition) is 1. The standard InChI is InChI=1S/C9H14NO5.Na/c1-4-14-8(12)7(10-6(3)11)9(13)15-5-2;/h4-5H2,1-3H3,(H,10,11);/q-1;+1. The zero-order valence-electron chi connectivity index (χ0n) is 9.96. The molecular formula is C9H14NNaO5. The van der Waals surface area contributed by atoms with E-state index in [0.29, 0.717) is 0 Å². The molecule has 0 heterocycles. The fourth-order valence-electron chi connectivity index (χ4n) is 0.768. The van der Waals surface area contributed by atoms with Gasteiger partial charge in [0.1, 0.15) is 0 Å². The van der Waals surface area contributed by atoms with Crippen molar-refractivity contribution in [1.82, 2.24) is 5.32 Å². The van der Waals surface area contributed by atoms with Gasteiger partial charge in [0.25, 0.3) is 0 Å².